The first-order valence-corrected chi connectivity index (χ1v) is 8.94. The Balaban J connectivity index is 1.85. The van der Waals surface area contributed by atoms with Crippen LogP contribution in [0.4, 0.5) is 11.6 Å². The number of pyridine rings is 1. The van der Waals surface area contributed by atoms with Crippen LogP contribution in [0, 0.1) is 0 Å². The Bertz CT molecular complexity index is 1050. The molecule has 3 rings (SSSR count). The van der Waals surface area contributed by atoms with Crippen LogP contribution in [0.25, 0.3) is 11.3 Å². The molecule has 144 valence electrons. The lowest BCUT2D eigenvalue weighted by Crippen LogP contribution is -2.20. The maximum atomic E-state index is 12.6. The van der Waals surface area contributed by atoms with E-state index in [9.17, 15) is 9.59 Å². The first-order chi connectivity index (χ1) is 13.3. The van der Waals surface area contributed by atoms with E-state index in [4.69, 9.17) is 0 Å². The Morgan fingerprint density at radius 2 is 1.82 bits per heavy atom. The predicted molar refractivity (Wildman–Crippen MR) is 111 cm³/mol. The van der Waals surface area contributed by atoms with E-state index in [-0.39, 0.29) is 22.6 Å². The van der Waals surface area contributed by atoms with E-state index in [0.717, 1.165) is 5.56 Å². The van der Waals surface area contributed by atoms with Crippen LogP contribution in [0.3, 0.4) is 0 Å². The third kappa shape index (κ3) is 4.25. The SMILES string of the molecule is CNc1nccc(-c2c[nH]c(=O)c(NC(=O)c3ccc(C(C)(C)C)cc3)c2)n1. The van der Waals surface area contributed by atoms with Gasteiger partial charge in [0, 0.05) is 30.6 Å². The number of nitrogens with zero attached hydrogens (tertiary/aromatic N) is 2. The van der Waals surface area contributed by atoms with Gasteiger partial charge in [0.25, 0.3) is 11.5 Å². The summed E-state index contributed by atoms with van der Waals surface area (Å²) in [4.78, 5) is 35.8. The molecule has 1 aromatic carbocycles. The standard InChI is InChI=1S/C21H23N5O2/c1-21(2,3)15-7-5-13(6-8-15)18(27)25-17-11-14(12-24-19(17)28)16-9-10-23-20(22-4)26-16/h5-12H,1-4H3,(H,24,28)(H,25,27)(H,22,23,26). The average molecular weight is 377 g/mol. The zero-order chi connectivity index (χ0) is 20.3. The highest BCUT2D eigenvalue weighted by Crippen LogP contribution is 2.23. The van der Waals surface area contributed by atoms with Gasteiger partial charge in [0.05, 0.1) is 5.69 Å². The Labute approximate surface area is 163 Å². The zero-order valence-corrected chi connectivity index (χ0v) is 16.3. The average Bonchev–Trinajstić information content (AvgIpc) is 2.69. The molecule has 0 aliphatic carbocycles. The van der Waals surface area contributed by atoms with Gasteiger partial charge in [-0.2, -0.15) is 0 Å². The molecule has 0 aliphatic rings. The van der Waals surface area contributed by atoms with Crippen molar-refractivity contribution in [1.82, 2.24) is 15.0 Å². The lowest BCUT2D eigenvalue weighted by atomic mass is 9.87. The van der Waals surface area contributed by atoms with Crippen LogP contribution in [0.1, 0.15) is 36.7 Å². The van der Waals surface area contributed by atoms with Gasteiger partial charge in [-0.3, -0.25) is 9.59 Å². The van der Waals surface area contributed by atoms with Gasteiger partial charge in [-0.15, -0.1) is 0 Å². The zero-order valence-electron chi connectivity index (χ0n) is 16.3. The Kier molecular flexibility index (Phi) is 5.26. The smallest absolute Gasteiger partial charge is 0.271 e. The highest BCUT2D eigenvalue weighted by molar-refractivity contribution is 6.04. The van der Waals surface area contributed by atoms with E-state index in [1.807, 2.05) is 12.1 Å². The molecule has 0 bridgehead atoms. The number of H-pyrrole nitrogens is 1. The molecule has 1 amide bonds. The molecule has 7 heteroatoms. The summed E-state index contributed by atoms with van der Waals surface area (Å²) in [5, 5.41) is 5.55. The molecular weight excluding hydrogens is 354 g/mol. The topological polar surface area (TPSA) is 99.8 Å². The van der Waals surface area contributed by atoms with Gasteiger partial charge in [0.15, 0.2) is 0 Å². The number of aromatic amines is 1. The quantitative estimate of drug-likeness (QED) is 0.647. The van der Waals surface area contributed by atoms with Gasteiger partial charge in [0.2, 0.25) is 5.95 Å². The number of aromatic nitrogens is 3. The molecule has 3 N–H and O–H groups in total. The molecule has 0 fully saturated rings. The lowest BCUT2D eigenvalue weighted by molar-refractivity contribution is 0.102. The molecule has 0 saturated carbocycles. The number of carbonyl (C=O) groups excluding carboxylic acids is 1. The normalized spacial score (nSPS) is 11.1. The number of benzene rings is 1. The summed E-state index contributed by atoms with van der Waals surface area (Å²) in [5.41, 5.74) is 2.69. The Morgan fingerprint density at radius 3 is 2.46 bits per heavy atom. The molecule has 2 heterocycles. The van der Waals surface area contributed by atoms with Crippen molar-refractivity contribution < 1.29 is 4.79 Å². The van der Waals surface area contributed by atoms with Crippen LogP contribution < -0.4 is 16.2 Å². The number of hydrogen-bond acceptors (Lipinski definition) is 5. The lowest BCUT2D eigenvalue weighted by Gasteiger charge is -2.19. The maximum absolute atomic E-state index is 12.6. The van der Waals surface area contributed by atoms with Gasteiger partial charge in [-0.25, -0.2) is 9.97 Å². The minimum atomic E-state index is -0.383. The van der Waals surface area contributed by atoms with Crippen LogP contribution in [0.15, 0.2) is 53.6 Å². The van der Waals surface area contributed by atoms with Crippen molar-refractivity contribution in [3.63, 3.8) is 0 Å². The van der Waals surface area contributed by atoms with Gasteiger partial charge in [-0.05, 0) is 35.2 Å². The van der Waals surface area contributed by atoms with Crippen LogP contribution in [0.5, 0.6) is 0 Å². The molecular formula is C21H23N5O2. The summed E-state index contributed by atoms with van der Waals surface area (Å²) in [5.74, 6) is 0.120. The highest BCUT2D eigenvalue weighted by Gasteiger charge is 2.15. The fourth-order valence-corrected chi connectivity index (χ4v) is 2.68. The number of amides is 1. The van der Waals surface area contributed by atoms with E-state index in [1.54, 1.807) is 43.7 Å². The van der Waals surface area contributed by atoms with Gasteiger partial charge in [0.1, 0.15) is 5.69 Å². The van der Waals surface area contributed by atoms with Crippen LogP contribution in [-0.4, -0.2) is 27.9 Å². The van der Waals surface area contributed by atoms with Crippen molar-refractivity contribution in [2.75, 3.05) is 17.7 Å². The summed E-state index contributed by atoms with van der Waals surface area (Å²) >= 11 is 0. The van der Waals surface area contributed by atoms with Crippen molar-refractivity contribution in [3.05, 3.63) is 70.3 Å². The first-order valence-electron chi connectivity index (χ1n) is 8.94. The summed E-state index contributed by atoms with van der Waals surface area (Å²) in [6.07, 6.45) is 3.17. The first kappa shape index (κ1) is 19.3. The van der Waals surface area contributed by atoms with Crippen molar-refractivity contribution in [3.8, 4) is 11.3 Å². The second-order valence-electron chi connectivity index (χ2n) is 7.43. The van der Waals surface area contributed by atoms with Crippen LogP contribution in [-0.2, 0) is 5.41 Å². The van der Waals surface area contributed by atoms with E-state index < -0.39 is 0 Å². The number of anilines is 2. The molecule has 0 spiro atoms. The number of nitrogens with one attached hydrogen (secondary N) is 3. The minimum absolute atomic E-state index is 0.00419. The monoisotopic (exact) mass is 377 g/mol. The van der Waals surface area contributed by atoms with E-state index in [0.29, 0.717) is 22.8 Å². The summed E-state index contributed by atoms with van der Waals surface area (Å²) in [7, 11) is 1.72. The van der Waals surface area contributed by atoms with E-state index >= 15 is 0 Å². The predicted octanol–water partition coefficient (Wildman–Crippen LogP) is 3.42. The number of rotatable bonds is 4. The van der Waals surface area contributed by atoms with Gasteiger partial charge >= 0.3 is 0 Å². The molecule has 0 saturated heterocycles. The van der Waals surface area contributed by atoms with E-state index in [1.165, 1.54) is 0 Å². The van der Waals surface area contributed by atoms with Crippen molar-refractivity contribution in [1.29, 1.82) is 0 Å². The fourth-order valence-electron chi connectivity index (χ4n) is 2.68. The number of carbonyl (C=O) groups is 1. The maximum Gasteiger partial charge on any atom is 0.271 e. The highest BCUT2D eigenvalue weighted by atomic mass is 16.2. The van der Waals surface area contributed by atoms with Gasteiger partial charge in [-0.1, -0.05) is 32.9 Å². The summed E-state index contributed by atoms with van der Waals surface area (Å²) in [6, 6.07) is 10.7. The third-order valence-corrected chi connectivity index (χ3v) is 4.34. The molecule has 2 aromatic heterocycles. The van der Waals surface area contributed by atoms with Crippen molar-refractivity contribution in [2.24, 2.45) is 0 Å². The third-order valence-electron chi connectivity index (χ3n) is 4.34. The van der Waals surface area contributed by atoms with Crippen molar-refractivity contribution in [2.45, 2.75) is 26.2 Å². The molecule has 0 radical (unpaired) electrons. The van der Waals surface area contributed by atoms with Crippen molar-refractivity contribution >= 4 is 17.5 Å². The second kappa shape index (κ2) is 7.64. The fraction of sp³-hybridized carbons (Fsp3) is 0.238. The van der Waals surface area contributed by atoms with Gasteiger partial charge < -0.3 is 15.6 Å². The van der Waals surface area contributed by atoms with E-state index in [2.05, 4.69) is 46.4 Å². The summed E-state index contributed by atoms with van der Waals surface area (Å²) in [6.45, 7) is 6.33. The number of hydrogen-bond donors (Lipinski definition) is 3. The van der Waals surface area contributed by atoms with Crippen LogP contribution >= 0.6 is 0 Å². The second-order valence-corrected chi connectivity index (χ2v) is 7.43. The molecule has 28 heavy (non-hydrogen) atoms. The molecule has 0 aliphatic heterocycles. The Morgan fingerprint density at radius 1 is 1.11 bits per heavy atom. The molecule has 0 unspecified atom stereocenters. The molecule has 3 aromatic rings. The van der Waals surface area contributed by atoms with Crippen LogP contribution in [0.2, 0.25) is 0 Å². The molecule has 0 atom stereocenters. The summed E-state index contributed by atoms with van der Waals surface area (Å²) < 4.78 is 0. The molecule has 7 nitrogen and oxygen atoms in total. The Hall–Kier alpha value is -3.48. The minimum Gasteiger partial charge on any atom is -0.357 e. The largest absolute Gasteiger partial charge is 0.357 e.